The van der Waals surface area contributed by atoms with Gasteiger partial charge in [-0.05, 0) is 49.6 Å². The lowest BCUT2D eigenvalue weighted by Gasteiger charge is -2.32. The Bertz CT molecular complexity index is 1080. The highest BCUT2D eigenvalue weighted by molar-refractivity contribution is 5.95. The van der Waals surface area contributed by atoms with E-state index in [1.807, 2.05) is 17.2 Å². The van der Waals surface area contributed by atoms with Crippen LogP contribution in [-0.2, 0) is 0 Å². The van der Waals surface area contributed by atoms with Crippen LogP contribution in [0, 0.1) is 11.3 Å². The number of rotatable bonds is 2. The normalized spacial score (nSPS) is 18.1. The Morgan fingerprint density at radius 3 is 2.71 bits per heavy atom. The summed E-state index contributed by atoms with van der Waals surface area (Å²) in [7, 11) is 0. The highest BCUT2D eigenvalue weighted by Crippen LogP contribution is 2.45. The summed E-state index contributed by atoms with van der Waals surface area (Å²) < 4.78 is 0. The first-order valence-electron chi connectivity index (χ1n) is 9.55. The lowest BCUT2D eigenvalue weighted by atomic mass is 10.1. The Morgan fingerprint density at radius 2 is 1.96 bits per heavy atom. The molecule has 7 nitrogen and oxygen atoms in total. The molecule has 1 saturated heterocycles. The summed E-state index contributed by atoms with van der Waals surface area (Å²) in [5, 5.41) is 10.00. The van der Waals surface area contributed by atoms with Crippen molar-refractivity contribution in [2.24, 2.45) is 0 Å². The van der Waals surface area contributed by atoms with Gasteiger partial charge < -0.3 is 14.8 Å². The number of aromatic nitrogens is 3. The van der Waals surface area contributed by atoms with Crippen molar-refractivity contribution in [1.29, 1.82) is 5.26 Å². The van der Waals surface area contributed by atoms with Gasteiger partial charge in [0.15, 0.2) is 0 Å². The number of carbonyl (C=O) groups is 1. The molecule has 2 aromatic heterocycles. The summed E-state index contributed by atoms with van der Waals surface area (Å²) in [6, 6.07) is 11.0. The predicted molar refractivity (Wildman–Crippen MR) is 105 cm³/mol. The van der Waals surface area contributed by atoms with Gasteiger partial charge >= 0.3 is 0 Å². The van der Waals surface area contributed by atoms with Gasteiger partial charge in [0, 0.05) is 31.4 Å². The third-order valence-electron chi connectivity index (χ3n) is 5.83. The molecule has 0 atom stereocenters. The van der Waals surface area contributed by atoms with E-state index < -0.39 is 0 Å². The second kappa shape index (κ2) is 6.34. The molecule has 0 unspecified atom stereocenters. The van der Waals surface area contributed by atoms with Crippen LogP contribution in [0.15, 0.2) is 42.9 Å². The summed E-state index contributed by atoms with van der Waals surface area (Å²) in [6.07, 6.45) is 6.38. The standard InChI is InChI=1S/C21H20N6O/c22-12-15-2-4-16(5-3-15)20(28)27-11-1-10-26(13-21(27)7-8-21)19-17-6-9-23-18(17)24-14-25-19/h2-6,9,14H,1,7-8,10-11,13H2,(H,23,24,25). The topological polar surface area (TPSA) is 88.9 Å². The van der Waals surface area contributed by atoms with Gasteiger partial charge in [-0.3, -0.25) is 4.79 Å². The first-order chi connectivity index (χ1) is 13.7. The molecular weight excluding hydrogens is 352 g/mol. The van der Waals surface area contributed by atoms with Crippen molar-refractivity contribution in [1.82, 2.24) is 19.9 Å². The summed E-state index contributed by atoms with van der Waals surface area (Å²) in [6.45, 7) is 2.37. The van der Waals surface area contributed by atoms with Crippen LogP contribution in [0.1, 0.15) is 35.2 Å². The Morgan fingerprint density at radius 1 is 1.14 bits per heavy atom. The average Bonchev–Trinajstić information content (AvgIpc) is 3.40. The maximum Gasteiger partial charge on any atom is 0.254 e. The number of hydrogen-bond donors (Lipinski definition) is 1. The molecule has 2 aliphatic rings. The van der Waals surface area contributed by atoms with E-state index in [-0.39, 0.29) is 11.4 Å². The lowest BCUT2D eigenvalue weighted by molar-refractivity contribution is 0.0669. The molecule has 28 heavy (non-hydrogen) atoms. The molecule has 1 aliphatic heterocycles. The number of nitrogens with one attached hydrogen (secondary N) is 1. The predicted octanol–water partition coefficient (Wildman–Crippen LogP) is 2.71. The number of nitrogens with zero attached hydrogens (tertiary/aromatic N) is 5. The molecule has 3 aromatic rings. The number of anilines is 1. The second-order valence-corrected chi connectivity index (χ2v) is 7.58. The van der Waals surface area contributed by atoms with Crippen LogP contribution in [-0.4, -0.2) is 50.9 Å². The Labute approximate surface area is 162 Å². The van der Waals surface area contributed by atoms with Crippen molar-refractivity contribution in [2.45, 2.75) is 24.8 Å². The number of benzene rings is 1. The molecule has 7 heteroatoms. The zero-order valence-electron chi connectivity index (χ0n) is 15.4. The minimum atomic E-state index is -0.130. The monoisotopic (exact) mass is 372 g/mol. The van der Waals surface area contributed by atoms with Gasteiger partial charge in [-0.25, -0.2) is 9.97 Å². The van der Waals surface area contributed by atoms with E-state index >= 15 is 0 Å². The van der Waals surface area contributed by atoms with E-state index in [0.29, 0.717) is 11.1 Å². The highest BCUT2D eigenvalue weighted by Gasteiger charge is 2.52. The molecule has 3 heterocycles. The van der Waals surface area contributed by atoms with Crippen LogP contribution in [0.25, 0.3) is 11.0 Å². The number of carbonyl (C=O) groups excluding carboxylic acids is 1. The lowest BCUT2D eigenvalue weighted by Crippen LogP contribution is -2.46. The summed E-state index contributed by atoms with van der Waals surface area (Å²) in [4.78, 5) is 29.5. The number of nitriles is 1. The first-order valence-corrected chi connectivity index (χ1v) is 9.55. The molecule has 1 N–H and O–H groups in total. The molecule has 1 aromatic carbocycles. The fraction of sp³-hybridized carbons (Fsp3) is 0.333. The smallest absolute Gasteiger partial charge is 0.254 e. The second-order valence-electron chi connectivity index (χ2n) is 7.58. The van der Waals surface area contributed by atoms with Crippen LogP contribution in [0.2, 0.25) is 0 Å². The molecule has 0 bridgehead atoms. The first kappa shape index (κ1) is 16.8. The molecule has 1 saturated carbocycles. The van der Waals surface area contributed by atoms with E-state index in [2.05, 4.69) is 25.9 Å². The van der Waals surface area contributed by atoms with E-state index in [9.17, 15) is 4.79 Å². The molecule has 1 spiro atoms. The van der Waals surface area contributed by atoms with Crippen LogP contribution in [0.4, 0.5) is 5.82 Å². The fourth-order valence-corrected chi connectivity index (χ4v) is 4.20. The van der Waals surface area contributed by atoms with Crippen molar-refractivity contribution in [3.8, 4) is 6.07 Å². The SMILES string of the molecule is N#Cc1ccc(C(=O)N2CCCN(c3ncnc4[nH]ccc34)CC23CC3)cc1. The van der Waals surface area contributed by atoms with Crippen molar-refractivity contribution in [3.63, 3.8) is 0 Å². The van der Waals surface area contributed by atoms with E-state index in [1.54, 1.807) is 30.6 Å². The number of amides is 1. The number of hydrogen-bond acceptors (Lipinski definition) is 5. The number of H-pyrrole nitrogens is 1. The summed E-state index contributed by atoms with van der Waals surface area (Å²) in [5.41, 5.74) is 1.92. The van der Waals surface area contributed by atoms with Crippen LogP contribution >= 0.6 is 0 Å². The summed E-state index contributed by atoms with van der Waals surface area (Å²) in [5.74, 6) is 0.989. The zero-order chi connectivity index (χ0) is 19.1. The van der Waals surface area contributed by atoms with E-state index in [1.165, 1.54) is 0 Å². The van der Waals surface area contributed by atoms with Crippen molar-refractivity contribution in [2.75, 3.05) is 24.5 Å². The quantitative estimate of drug-likeness (QED) is 0.747. The van der Waals surface area contributed by atoms with Gasteiger partial charge in [-0.1, -0.05) is 0 Å². The van der Waals surface area contributed by atoms with Gasteiger partial charge in [0.05, 0.1) is 22.6 Å². The van der Waals surface area contributed by atoms with Gasteiger partial charge in [0.1, 0.15) is 17.8 Å². The van der Waals surface area contributed by atoms with Crippen molar-refractivity contribution < 1.29 is 4.79 Å². The minimum Gasteiger partial charge on any atom is -0.354 e. The maximum absolute atomic E-state index is 13.2. The zero-order valence-corrected chi connectivity index (χ0v) is 15.4. The highest BCUT2D eigenvalue weighted by atomic mass is 16.2. The molecule has 140 valence electrons. The summed E-state index contributed by atoms with van der Waals surface area (Å²) >= 11 is 0. The van der Waals surface area contributed by atoms with Crippen LogP contribution in [0.3, 0.4) is 0 Å². The number of aromatic amines is 1. The third kappa shape index (κ3) is 2.69. The maximum atomic E-state index is 13.2. The van der Waals surface area contributed by atoms with Gasteiger partial charge in [-0.15, -0.1) is 0 Å². The molecule has 1 amide bonds. The molecular formula is C21H20N6O. The van der Waals surface area contributed by atoms with Gasteiger partial charge in [-0.2, -0.15) is 5.26 Å². The Kier molecular flexibility index (Phi) is 3.79. The fourth-order valence-electron chi connectivity index (χ4n) is 4.20. The van der Waals surface area contributed by atoms with Gasteiger partial charge in [0.25, 0.3) is 5.91 Å². The van der Waals surface area contributed by atoms with Crippen LogP contribution in [0.5, 0.6) is 0 Å². The largest absolute Gasteiger partial charge is 0.354 e. The van der Waals surface area contributed by atoms with Crippen LogP contribution < -0.4 is 4.90 Å². The molecule has 0 radical (unpaired) electrons. The number of fused-ring (bicyclic) bond motifs is 1. The van der Waals surface area contributed by atoms with E-state index in [0.717, 1.165) is 55.7 Å². The Hall–Kier alpha value is -3.40. The molecule has 5 rings (SSSR count). The van der Waals surface area contributed by atoms with E-state index in [4.69, 9.17) is 5.26 Å². The molecule has 1 aliphatic carbocycles. The van der Waals surface area contributed by atoms with Gasteiger partial charge in [0.2, 0.25) is 0 Å². The van der Waals surface area contributed by atoms with Crippen molar-refractivity contribution in [3.05, 3.63) is 54.0 Å². The molecule has 2 fully saturated rings. The Balaban J connectivity index is 1.43. The average molecular weight is 372 g/mol. The van der Waals surface area contributed by atoms with Crippen molar-refractivity contribution >= 4 is 22.8 Å². The minimum absolute atomic E-state index is 0.0540. The third-order valence-corrected chi connectivity index (χ3v) is 5.83.